The van der Waals surface area contributed by atoms with Crippen molar-refractivity contribution in [2.75, 3.05) is 5.32 Å². The van der Waals surface area contributed by atoms with Gasteiger partial charge < -0.3 is 10.1 Å². The first kappa shape index (κ1) is 13.3. The van der Waals surface area contributed by atoms with Crippen LogP contribution in [0, 0.1) is 5.92 Å². The van der Waals surface area contributed by atoms with Crippen molar-refractivity contribution in [3.63, 3.8) is 0 Å². The molecule has 1 aromatic rings. The van der Waals surface area contributed by atoms with Gasteiger partial charge in [-0.1, -0.05) is 13.8 Å². The maximum Gasteiger partial charge on any atom is 0.119 e. The number of nitrogens with one attached hydrogen (secondary N) is 1. The zero-order chi connectivity index (χ0) is 13.0. The van der Waals surface area contributed by atoms with Gasteiger partial charge in [-0.2, -0.15) is 0 Å². The van der Waals surface area contributed by atoms with Crippen molar-refractivity contribution in [1.82, 2.24) is 0 Å². The van der Waals surface area contributed by atoms with E-state index in [4.69, 9.17) is 4.74 Å². The highest BCUT2D eigenvalue weighted by atomic mass is 16.5. The minimum atomic E-state index is 0.443. The second-order valence-corrected chi connectivity index (χ2v) is 5.73. The topological polar surface area (TPSA) is 21.3 Å². The van der Waals surface area contributed by atoms with Gasteiger partial charge in [0.25, 0.3) is 0 Å². The first-order chi connectivity index (χ1) is 8.65. The molecule has 1 fully saturated rings. The van der Waals surface area contributed by atoms with E-state index in [0.717, 1.165) is 5.75 Å². The van der Waals surface area contributed by atoms with Gasteiger partial charge in [-0.05, 0) is 62.8 Å². The fraction of sp³-hybridized carbons (Fsp3) is 0.625. The molecule has 2 rings (SSSR count). The number of rotatable bonds is 5. The fourth-order valence-corrected chi connectivity index (χ4v) is 2.26. The van der Waals surface area contributed by atoms with Gasteiger partial charge in [0.1, 0.15) is 5.75 Å². The zero-order valence-electron chi connectivity index (χ0n) is 11.8. The minimum absolute atomic E-state index is 0.443. The number of anilines is 1. The normalized spacial score (nSPS) is 18.0. The van der Waals surface area contributed by atoms with Crippen LogP contribution >= 0.6 is 0 Å². The Morgan fingerprint density at radius 2 is 1.67 bits per heavy atom. The van der Waals surface area contributed by atoms with Crippen LogP contribution in [0.4, 0.5) is 5.69 Å². The summed E-state index contributed by atoms with van der Waals surface area (Å²) in [6, 6.07) is 8.87. The Labute approximate surface area is 111 Å². The van der Waals surface area contributed by atoms with E-state index in [1.54, 1.807) is 0 Å². The smallest absolute Gasteiger partial charge is 0.119 e. The summed E-state index contributed by atoms with van der Waals surface area (Å²) in [5, 5.41) is 3.51. The lowest BCUT2D eigenvalue weighted by Gasteiger charge is -2.19. The lowest BCUT2D eigenvalue weighted by atomic mass is 10.1. The van der Waals surface area contributed by atoms with Crippen LogP contribution in [0.1, 0.15) is 46.5 Å². The van der Waals surface area contributed by atoms with E-state index in [2.05, 4.69) is 50.4 Å². The Morgan fingerprint density at radius 3 is 2.22 bits per heavy atom. The highest BCUT2D eigenvalue weighted by Crippen LogP contribution is 2.25. The third-order valence-corrected chi connectivity index (χ3v) is 3.85. The molecule has 1 saturated carbocycles. The number of ether oxygens (including phenoxy) is 1. The Hall–Kier alpha value is -1.18. The molecule has 0 bridgehead atoms. The van der Waals surface area contributed by atoms with E-state index < -0.39 is 0 Å². The molecular weight excluding hydrogens is 222 g/mol. The zero-order valence-corrected chi connectivity index (χ0v) is 11.8. The summed E-state index contributed by atoms with van der Waals surface area (Å²) in [4.78, 5) is 0. The molecule has 0 amide bonds. The summed E-state index contributed by atoms with van der Waals surface area (Å²) in [7, 11) is 0. The standard InChI is InChI=1S/C16H25NO/c1-12(2)13(3)17-14-8-10-16(11-9-14)18-15-6-4-5-7-15/h8-13,15,17H,4-7H2,1-3H3. The van der Waals surface area contributed by atoms with Crippen LogP contribution in [0.3, 0.4) is 0 Å². The van der Waals surface area contributed by atoms with Gasteiger partial charge >= 0.3 is 0 Å². The summed E-state index contributed by atoms with van der Waals surface area (Å²) in [6.07, 6.45) is 5.50. The molecule has 1 aliphatic carbocycles. The molecule has 1 atom stereocenters. The lowest BCUT2D eigenvalue weighted by molar-refractivity contribution is 0.210. The van der Waals surface area contributed by atoms with E-state index in [0.29, 0.717) is 18.1 Å². The van der Waals surface area contributed by atoms with Crippen LogP contribution in [0.15, 0.2) is 24.3 Å². The maximum atomic E-state index is 5.95. The Morgan fingerprint density at radius 1 is 1.06 bits per heavy atom. The Bertz CT molecular complexity index is 329. The molecule has 0 aliphatic heterocycles. The molecule has 1 aliphatic rings. The highest BCUT2D eigenvalue weighted by Gasteiger charge is 2.16. The number of hydrogen-bond acceptors (Lipinski definition) is 2. The molecule has 18 heavy (non-hydrogen) atoms. The predicted octanol–water partition coefficient (Wildman–Crippen LogP) is 4.46. The summed E-state index contributed by atoms with van der Waals surface area (Å²) in [5.74, 6) is 1.64. The summed E-state index contributed by atoms with van der Waals surface area (Å²) in [5.41, 5.74) is 1.18. The molecule has 1 unspecified atom stereocenters. The van der Waals surface area contributed by atoms with Crippen molar-refractivity contribution in [2.24, 2.45) is 5.92 Å². The second kappa shape index (κ2) is 6.12. The maximum absolute atomic E-state index is 5.95. The monoisotopic (exact) mass is 247 g/mol. The van der Waals surface area contributed by atoms with Crippen LogP contribution in [-0.4, -0.2) is 12.1 Å². The van der Waals surface area contributed by atoms with Crippen LogP contribution in [0.25, 0.3) is 0 Å². The van der Waals surface area contributed by atoms with Crippen molar-refractivity contribution >= 4 is 5.69 Å². The number of hydrogen-bond donors (Lipinski definition) is 1. The van der Waals surface area contributed by atoms with Crippen molar-refractivity contribution in [2.45, 2.75) is 58.6 Å². The van der Waals surface area contributed by atoms with Crippen molar-refractivity contribution < 1.29 is 4.74 Å². The van der Waals surface area contributed by atoms with Gasteiger partial charge in [-0.25, -0.2) is 0 Å². The highest BCUT2D eigenvalue weighted by molar-refractivity contribution is 5.47. The first-order valence-electron chi connectivity index (χ1n) is 7.18. The molecule has 100 valence electrons. The predicted molar refractivity (Wildman–Crippen MR) is 77.2 cm³/mol. The van der Waals surface area contributed by atoms with Crippen molar-refractivity contribution in [3.05, 3.63) is 24.3 Å². The minimum Gasteiger partial charge on any atom is -0.490 e. The van der Waals surface area contributed by atoms with E-state index in [-0.39, 0.29) is 0 Å². The van der Waals surface area contributed by atoms with E-state index in [9.17, 15) is 0 Å². The quantitative estimate of drug-likeness (QED) is 0.829. The van der Waals surface area contributed by atoms with Gasteiger partial charge in [-0.15, -0.1) is 0 Å². The summed E-state index contributed by atoms with van der Waals surface area (Å²) in [6.45, 7) is 6.68. The average molecular weight is 247 g/mol. The van der Waals surface area contributed by atoms with Crippen LogP contribution in [-0.2, 0) is 0 Å². The molecule has 0 radical (unpaired) electrons. The van der Waals surface area contributed by atoms with Gasteiger partial charge in [0, 0.05) is 11.7 Å². The van der Waals surface area contributed by atoms with Crippen LogP contribution in [0.5, 0.6) is 5.75 Å². The fourth-order valence-electron chi connectivity index (χ4n) is 2.26. The molecular formula is C16H25NO. The third-order valence-electron chi connectivity index (χ3n) is 3.85. The second-order valence-electron chi connectivity index (χ2n) is 5.73. The Kier molecular flexibility index (Phi) is 4.51. The van der Waals surface area contributed by atoms with Gasteiger partial charge in [0.15, 0.2) is 0 Å². The summed E-state index contributed by atoms with van der Waals surface area (Å²) >= 11 is 0. The molecule has 0 aromatic heterocycles. The van der Waals surface area contributed by atoms with E-state index in [1.165, 1.54) is 31.4 Å². The molecule has 2 nitrogen and oxygen atoms in total. The molecule has 1 aromatic carbocycles. The average Bonchev–Trinajstić information content (AvgIpc) is 2.84. The molecule has 0 saturated heterocycles. The molecule has 0 spiro atoms. The molecule has 2 heteroatoms. The lowest BCUT2D eigenvalue weighted by Crippen LogP contribution is -2.21. The van der Waals surface area contributed by atoms with Crippen LogP contribution < -0.4 is 10.1 Å². The van der Waals surface area contributed by atoms with Gasteiger partial charge in [-0.3, -0.25) is 0 Å². The third kappa shape index (κ3) is 3.66. The molecule has 0 heterocycles. The largest absolute Gasteiger partial charge is 0.490 e. The van der Waals surface area contributed by atoms with E-state index in [1.807, 2.05) is 0 Å². The van der Waals surface area contributed by atoms with Gasteiger partial charge in [0.2, 0.25) is 0 Å². The van der Waals surface area contributed by atoms with Crippen LogP contribution in [0.2, 0.25) is 0 Å². The first-order valence-corrected chi connectivity index (χ1v) is 7.18. The Balaban J connectivity index is 1.88. The molecule has 1 N–H and O–H groups in total. The van der Waals surface area contributed by atoms with E-state index >= 15 is 0 Å². The summed E-state index contributed by atoms with van der Waals surface area (Å²) < 4.78 is 5.95. The van der Waals surface area contributed by atoms with Crippen molar-refractivity contribution in [1.29, 1.82) is 0 Å². The number of benzene rings is 1. The van der Waals surface area contributed by atoms with Gasteiger partial charge in [0.05, 0.1) is 6.10 Å². The SMILES string of the molecule is CC(C)C(C)Nc1ccc(OC2CCCC2)cc1. The van der Waals surface area contributed by atoms with Crippen molar-refractivity contribution in [3.8, 4) is 5.75 Å².